The van der Waals surface area contributed by atoms with Crippen LogP contribution in [0, 0.1) is 29.1 Å². The van der Waals surface area contributed by atoms with Crippen molar-refractivity contribution >= 4 is 23.5 Å². The van der Waals surface area contributed by atoms with Crippen LogP contribution in [-0.2, 0) is 21.0 Å². The Hall–Kier alpha value is -3.75. The number of nitrogens with one attached hydrogen (secondary N) is 2. The number of para-hydroxylation sites is 1. The third-order valence-corrected chi connectivity index (χ3v) is 11.9. The van der Waals surface area contributed by atoms with Gasteiger partial charge in [-0.3, -0.25) is 24.1 Å². The molecule has 2 aromatic rings. The Labute approximate surface area is 307 Å². The van der Waals surface area contributed by atoms with E-state index >= 15 is 0 Å². The van der Waals surface area contributed by atoms with E-state index in [4.69, 9.17) is 14.7 Å². The van der Waals surface area contributed by atoms with Crippen LogP contribution in [0.4, 0.5) is 5.69 Å². The topological polar surface area (TPSA) is 164 Å². The first-order valence-electron chi connectivity index (χ1n) is 18.3. The minimum Gasteiger partial charge on any atom is -0.496 e. The summed E-state index contributed by atoms with van der Waals surface area (Å²) in [5.41, 5.74) is 3.67. The summed E-state index contributed by atoms with van der Waals surface area (Å²) >= 11 is 0. The lowest BCUT2D eigenvalue weighted by Crippen LogP contribution is -2.62. The molecule has 2 amide bonds. The summed E-state index contributed by atoms with van der Waals surface area (Å²) in [6, 6.07) is 10.4. The lowest BCUT2D eigenvalue weighted by molar-refractivity contribution is -0.183. The van der Waals surface area contributed by atoms with E-state index in [-0.39, 0.29) is 49.5 Å². The van der Waals surface area contributed by atoms with Crippen molar-refractivity contribution in [3.05, 3.63) is 47.5 Å². The number of ether oxygens (including phenoxy) is 1. The Balaban J connectivity index is 1.41. The molecule has 8 atom stereocenters. The Morgan fingerprint density at radius 2 is 1.87 bits per heavy atom. The molecule has 0 radical (unpaired) electrons. The van der Waals surface area contributed by atoms with E-state index in [1.54, 1.807) is 43.2 Å². The summed E-state index contributed by atoms with van der Waals surface area (Å²) < 4.78 is 6.01. The molecule has 4 aliphatic rings. The maximum Gasteiger partial charge on any atom is 0.317 e. The van der Waals surface area contributed by atoms with Crippen LogP contribution in [0.5, 0.6) is 5.75 Å². The van der Waals surface area contributed by atoms with Gasteiger partial charge in [0.1, 0.15) is 17.9 Å². The van der Waals surface area contributed by atoms with Crippen LogP contribution in [0.25, 0.3) is 11.1 Å². The molecular weight excluding hydrogens is 666 g/mol. The number of amides is 2. The van der Waals surface area contributed by atoms with E-state index in [9.17, 15) is 24.6 Å². The van der Waals surface area contributed by atoms with Crippen molar-refractivity contribution in [1.29, 1.82) is 0 Å². The van der Waals surface area contributed by atoms with Crippen molar-refractivity contribution in [2.24, 2.45) is 29.1 Å². The second-order valence-electron chi connectivity index (χ2n) is 15.8. The number of carboxylic acid groups (broad SMARTS) is 1. The highest BCUT2D eigenvalue weighted by Gasteiger charge is 2.57. The van der Waals surface area contributed by atoms with Gasteiger partial charge in [0.2, 0.25) is 5.91 Å². The summed E-state index contributed by atoms with van der Waals surface area (Å²) in [7, 11) is 7.03. The van der Waals surface area contributed by atoms with Gasteiger partial charge in [0.15, 0.2) is 0 Å². The van der Waals surface area contributed by atoms with E-state index in [1.807, 2.05) is 43.3 Å². The van der Waals surface area contributed by atoms with Gasteiger partial charge < -0.3 is 35.6 Å². The van der Waals surface area contributed by atoms with E-state index in [2.05, 4.69) is 31.4 Å². The molecule has 0 spiro atoms. The van der Waals surface area contributed by atoms with Crippen LogP contribution in [0.15, 0.2) is 36.4 Å². The number of fused-ring (bicyclic) bond motifs is 2. The standard InChI is InChI=1S/C39H57N5O8/c1-22-30-17-27(39(30,3)4)18-31(22)41-38(50)35-34(23(2)46)32(21-45)52-44(35)19-24-10-9-11-29(36(24)51-8)25-14-26(16-28(15-25)42(5)6)37(49)40-12-13-43(7)20-33(47)48/h9-11,14-16,22-23,27,30-32,34-35,45-46H,12-13,17-21H2,1-8H3,(H,40,49)(H,41,50)(H,47,48)/t22-,23-,27+,30-,31-,32-,34+,35-/m0/s1. The monoisotopic (exact) mass is 723 g/mol. The Morgan fingerprint density at radius 3 is 2.46 bits per heavy atom. The SMILES string of the molecule is COc1c(CN2O[C@@H](CO)[C@@H]([C@H](C)O)[C@H]2C(=O)N[C@H]2C[C@H]3C[C@@H]([C@@H]2C)C3(C)C)cccc1-c1cc(C(=O)NCCN(C)CC(=O)O)cc(N(C)C)c1. The zero-order valence-electron chi connectivity index (χ0n) is 31.8. The fraction of sp³-hybridized carbons (Fsp3) is 0.615. The fourth-order valence-electron chi connectivity index (χ4n) is 8.76. The normalized spacial score (nSPS) is 27.1. The number of aliphatic hydroxyl groups excluding tert-OH is 2. The molecule has 13 nitrogen and oxygen atoms in total. The maximum atomic E-state index is 14.2. The predicted octanol–water partition coefficient (Wildman–Crippen LogP) is 2.84. The summed E-state index contributed by atoms with van der Waals surface area (Å²) in [6.45, 7) is 8.79. The first-order valence-corrected chi connectivity index (χ1v) is 18.3. The maximum absolute atomic E-state index is 14.2. The van der Waals surface area contributed by atoms with Crippen molar-refractivity contribution in [3.8, 4) is 16.9 Å². The van der Waals surface area contributed by atoms with Gasteiger partial charge in [-0.05, 0) is 73.7 Å². The van der Waals surface area contributed by atoms with E-state index in [0.29, 0.717) is 35.6 Å². The molecule has 3 saturated carbocycles. The number of likely N-dealkylation sites (N-methyl/N-ethyl adjacent to an activating group) is 1. The molecule has 5 N–H and O–H groups in total. The van der Waals surface area contributed by atoms with Crippen LogP contribution in [0.3, 0.4) is 0 Å². The van der Waals surface area contributed by atoms with Gasteiger partial charge in [0.25, 0.3) is 5.91 Å². The van der Waals surface area contributed by atoms with Crippen molar-refractivity contribution < 1.29 is 39.3 Å². The second kappa shape index (κ2) is 16.1. The number of rotatable bonds is 15. The highest BCUT2D eigenvalue weighted by atomic mass is 16.7. The molecule has 52 heavy (non-hydrogen) atoms. The summed E-state index contributed by atoms with van der Waals surface area (Å²) in [6.07, 6.45) is 0.408. The Morgan fingerprint density at radius 1 is 1.13 bits per heavy atom. The van der Waals surface area contributed by atoms with Crippen molar-refractivity contribution in [2.45, 2.75) is 71.4 Å². The van der Waals surface area contributed by atoms with Gasteiger partial charge in [0, 0.05) is 61.5 Å². The smallest absolute Gasteiger partial charge is 0.317 e. The lowest BCUT2D eigenvalue weighted by Gasteiger charge is -2.62. The van der Waals surface area contributed by atoms with E-state index < -0.39 is 30.1 Å². The molecule has 4 fully saturated rings. The van der Waals surface area contributed by atoms with Crippen LogP contribution in [0.2, 0.25) is 0 Å². The number of carbonyl (C=O) groups is 3. The summed E-state index contributed by atoms with van der Waals surface area (Å²) in [5, 5.41) is 38.0. The van der Waals surface area contributed by atoms with E-state index in [0.717, 1.165) is 28.8 Å². The molecule has 3 aliphatic carbocycles. The first kappa shape index (κ1) is 39.5. The van der Waals surface area contributed by atoms with Gasteiger partial charge in [-0.1, -0.05) is 39.0 Å². The predicted molar refractivity (Wildman–Crippen MR) is 198 cm³/mol. The molecule has 1 aliphatic heterocycles. The molecule has 2 aromatic carbocycles. The fourth-order valence-corrected chi connectivity index (χ4v) is 8.76. The number of methoxy groups -OCH3 is 1. The van der Waals surface area contributed by atoms with Crippen molar-refractivity contribution in [3.63, 3.8) is 0 Å². The van der Waals surface area contributed by atoms with Crippen LogP contribution in [-0.4, -0.2) is 122 Å². The number of benzene rings is 2. The number of hydroxylamine groups is 2. The second-order valence-corrected chi connectivity index (χ2v) is 15.8. The molecule has 13 heteroatoms. The largest absolute Gasteiger partial charge is 0.496 e. The average Bonchev–Trinajstić information content (AvgIpc) is 3.46. The quantitative estimate of drug-likeness (QED) is 0.184. The number of anilines is 1. The number of carbonyl (C=O) groups excluding carboxylic acids is 2. The molecule has 6 rings (SSSR count). The molecular formula is C39H57N5O8. The zero-order valence-corrected chi connectivity index (χ0v) is 31.8. The Bertz CT molecular complexity index is 1610. The molecule has 1 heterocycles. The summed E-state index contributed by atoms with van der Waals surface area (Å²) in [5.74, 6) is -0.167. The highest BCUT2D eigenvalue weighted by molar-refractivity contribution is 5.97. The van der Waals surface area contributed by atoms with Crippen LogP contribution < -0.4 is 20.3 Å². The minimum absolute atomic E-state index is 0.0211. The highest BCUT2D eigenvalue weighted by Crippen LogP contribution is 2.61. The number of nitrogens with zero attached hydrogens (tertiary/aromatic N) is 3. The summed E-state index contributed by atoms with van der Waals surface area (Å²) in [4.78, 5) is 48.3. The number of aliphatic carboxylic acids is 1. The van der Waals surface area contributed by atoms with Gasteiger partial charge in [-0.15, -0.1) is 0 Å². The first-order chi connectivity index (χ1) is 24.6. The van der Waals surface area contributed by atoms with Crippen LogP contribution >= 0.6 is 0 Å². The van der Waals surface area contributed by atoms with Gasteiger partial charge >= 0.3 is 5.97 Å². The number of carboxylic acids is 1. The van der Waals surface area contributed by atoms with Gasteiger partial charge in [-0.2, -0.15) is 5.06 Å². The van der Waals surface area contributed by atoms with Gasteiger partial charge in [-0.25, -0.2) is 0 Å². The molecule has 286 valence electrons. The number of hydrogen-bond acceptors (Lipinski definition) is 10. The lowest BCUT2D eigenvalue weighted by atomic mass is 9.45. The van der Waals surface area contributed by atoms with E-state index in [1.165, 1.54) is 6.42 Å². The Kier molecular flexibility index (Phi) is 12.2. The van der Waals surface area contributed by atoms with Crippen LogP contribution in [0.1, 0.15) is 56.5 Å². The third-order valence-electron chi connectivity index (χ3n) is 11.9. The zero-order chi connectivity index (χ0) is 38.1. The van der Waals surface area contributed by atoms with Crippen molar-refractivity contribution in [2.75, 3.05) is 59.4 Å². The average molecular weight is 724 g/mol. The minimum atomic E-state index is -0.936. The third kappa shape index (κ3) is 8.08. The number of aliphatic hydroxyl groups is 2. The van der Waals surface area contributed by atoms with Crippen molar-refractivity contribution in [1.82, 2.24) is 20.6 Å². The number of hydrogen-bond donors (Lipinski definition) is 5. The molecule has 1 saturated heterocycles. The molecule has 2 bridgehead atoms. The molecule has 0 unspecified atom stereocenters. The van der Waals surface area contributed by atoms with Gasteiger partial charge in [0.05, 0.1) is 32.9 Å². The molecule has 0 aromatic heterocycles.